The summed E-state index contributed by atoms with van der Waals surface area (Å²) in [7, 11) is 0. The van der Waals surface area contributed by atoms with Gasteiger partial charge in [-0.1, -0.05) is 19.8 Å². The highest BCUT2D eigenvalue weighted by Gasteiger charge is 2.22. The second kappa shape index (κ2) is 5.58. The Labute approximate surface area is 80.2 Å². The molecule has 0 aromatic carbocycles. The van der Waals surface area contributed by atoms with Crippen molar-refractivity contribution in [2.24, 2.45) is 5.92 Å². The molecule has 0 spiro atoms. The third-order valence-electron chi connectivity index (χ3n) is 2.77. The topological polar surface area (TPSA) is 52.5 Å². The van der Waals surface area contributed by atoms with Crippen LogP contribution < -0.4 is 5.32 Å². The maximum Gasteiger partial charge on any atom is 0.0693 e. The normalized spacial score (nSPS) is 31.6. The van der Waals surface area contributed by atoms with Gasteiger partial charge in [-0.25, -0.2) is 0 Å². The second-order valence-corrected chi connectivity index (χ2v) is 4.15. The smallest absolute Gasteiger partial charge is 0.0693 e. The Kier molecular flexibility index (Phi) is 4.70. The van der Waals surface area contributed by atoms with E-state index >= 15 is 0 Å². The van der Waals surface area contributed by atoms with Crippen molar-refractivity contribution in [3.05, 3.63) is 0 Å². The van der Waals surface area contributed by atoms with Crippen LogP contribution in [0.4, 0.5) is 0 Å². The maximum atomic E-state index is 9.63. The summed E-state index contributed by atoms with van der Waals surface area (Å²) < 4.78 is 0. The number of aliphatic hydroxyl groups excluding tert-OH is 2. The minimum atomic E-state index is -0.181. The summed E-state index contributed by atoms with van der Waals surface area (Å²) >= 11 is 0. The summed E-state index contributed by atoms with van der Waals surface area (Å²) in [5, 5.41) is 21.8. The predicted molar refractivity (Wildman–Crippen MR) is 52.5 cm³/mol. The summed E-state index contributed by atoms with van der Waals surface area (Å²) in [6, 6.07) is 0.253. The standard InChI is InChI=1S/C10H21NO2/c1-8(7-12)6-11-9-4-2-3-5-10(9)13/h8-13H,2-7H2,1H3. The predicted octanol–water partition coefficient (Wildman–Crippen LogP) is 0.508. The van der Waals surface area contributed by atoms with Crippen LogP contribution in [0.15, 0.2) is 0 Å². The van der Waals surface area contributed by atoms with Gasteiger partial charge >= 0.3 is 0 Å². The van der Waals surface area contributed by atoms with Gasteiger partial charge in [0.2, 0.25) is 0 Å². The Morgan fingerprint density at radius 1 is 1.38 bits per heavy atom. The molecule has 0 saturated heterocycles. The Hall–Kier alpha value is -0.120. The van der Waals surface area contributed by atoms with Gasteiger partial charge in [0, 0.05) is 19.2 Å². The zero-order chi connectivity index (χ0) is 9.68. The lowest BCUT2D eigenvalue weighted by atomic mass is 9.92. The molecule has 3 nitrogen and oxygen atoms in total. The molecule has 1 fully saturated rings. The first kappa shape index (κ1) is 11.0. The molecule has 13 heavy (non-hydrogen) atoms. The van der Waals surface area contributed by atoms with Gasteiger partial charge in [0.05, 0.1) is 6.10 Å². The first-order chi connectivity index (χ1) is 6.24. The fourth-order valence-corrected chi connectivity index (χ4v) is 1.77. The minimum absolute atomic E-state index is 0.181. The summed E-state index contributed by atoms with van der Waals surface area (Å²) in [6.45, 7) is 3.02. The minimum Gasteiger partial charge on any atom is -0.396 e. The Morgan fingerprint density at radius 3 is 2.69 bits per heavy atom. The van der Waals surface area contributed by atoms with Gasteiger partial charge in [0.25, 0.3) is 0 Å². The van der Waals surface area contributed by atoms with Crippen molar-refractivity contribution in [1.82, 2.24) is 5.32 Å². The number of nitrogens with one attached hydrogen (secondary N) is 1. The third-order valence-corrected chi connectivity index (χ3v) is 2.77. The lowest BCUT2D eigenvalue weighted by Crippen LogP contribution is -2.44. The van der Waals surface area contributed by atoms with Gasteiger partial charge in [-0.05, 0) is 18.8 Å². The van der Waals surface area contributed by atoms with Gasteiger partial charge in [0.15, 0.2) is 0 Å². The van der Waals surface area contributed by atoms with Crippen molar-refractivity contribution >= 4 is 0 Å². The van der Waals surface area contributed by atoms with Gasteiger partial charge in [0.1, 0.15) is 0 Å². The molecular weight excluding hydrogens is 166 g/mol. The van der Waals surface area contributed by atoms with Crippen LogP contribution in [0.3, 0.4) is 0 Å². The van der Waals surface area contributed by atoms with Gasteiger partial charge in [-0.2, -0.15) is 0 Å². The van der Waals surface area contributed by atoms with Crippen LogP contribution >= 0.6 is 0 Å². The molecule has 0 aromatic rings. The van der Waals surface area contributed by atoms with Crippen molar-refractivity contribution < 1.29 is 10.2 Å². The number of rotatable bonds is 4. The van der Waals surface area contributed by atoms with E-state index in [-0.39, 0.29) is 24.7 Å². The molecule has 0 heterocycles. The summed E-state index contributed by atoms with van der Waals surface area (Å²) in [5.41, 5.74) is 0. The molecule has 3 heteroatoms. The third kappa shape index (κ3) is 3.63. The average molecular weight is 187 g/mol. The fourth-order valence-electron chi connectivity index (χ4n) is 1.77. The van der Waals surface area contributed by atoms with Crippen molar-refractivity contribution in [2.45, 2.75) is 44.8 Å². The van der Waals surface area contributed by atoms with Gasteiger partial charge in [-0.15, -0.1) is 0 Å². The van der Waals surface area contributed by atoms with Gasteiger partial charge < -0.3 is 15.5 Å². The van der Waals surface area contributed by atoms with Crippen LogP contribution in [0, 0.1) is 5.92 Å². The quantitative estimate of drug-likeness (QED) is 0.601. The van der Waals surface area contributed by atoms with Crippen molar-refractivity contribution in [2.75, 3.05) is 13.2 Å². The number of hydrogen-bond donors (Lipinski definition) is 3. The molecule has 1 aliphatic carbocycles. The van der Waals surface area contributed by atoms with E-state index in [1.165, 1.54) is 6.42 Å². The zero-order valence-electron chi connectivity index (χ0n) is 8.37. The van der Waals surface area contributed by atoms with E-state index in [9.17, 15) is 5.11 Å². The Morgan fingerprint density at radius 2 is 2.08 bits per heavy atom. The van der Waals surface area contributed by atoms with Crippen molar-refractivity contribution in [3.8, 4) is 0 Å². The van der Waals surface area contributed by atoms with E-state index in [2.05, 4.69) is 5.32 Å². The second-order valence-electron chi connectivity index (χ2n) is 4.15. The van der Waals surface area contributed by atoms with Crippen LogP contribution in [0.25, 0.3) is 0 Å². The molecule has 1 saturated carbocycles. The molecule has 0 amide bonds. The van der Waals surface area contributed by atoms with E-state index < -0.39 is 0 Å². The summed E-state index contributed by atoms with van der Waals surface area (Å²) in [6.07, 6.45) is 4.17. The number of aliphatic hydroxyl groups is 2. The molecule has 1 aliphatic rings. The van der Waals surface area contributed by atoms with E-state index in [4.69, 9.17) is 5.11 Å². The lowest BCUT2D eigenvalue weighted by molar-refractivity contribution is 0.0870. The van der Waals surface area contributed by atoms with E-state index in [0.29, 0.717) is 0 Å². The molecule has 0 aromatic heterocycles. The molecule has 3 atom stereocenters. The maximum absolute atomic E-state index is 9.63. The number of hydrogen-bond acceptors (Lipinski definition) is 3. The SMILES string of the molecule is CC(CO)CNC1CCCCC1O. The summed E-state index contributed by atoms with van der Waals surface area (Å²) in [5.74, 6) is 0.286. The van der Waals surface area contributed by atoms with E-state index in [0.717, 1.165) is 25.8 Å². The molecule has 0 aliphatic heterocycles. The molecule has 3 N–H and O–H groups in total. The summed E-state index contributed by atoms with van der Waals surface area (Å²) in [4.78, 5) is 0. The van der Waals surface area contributed by atoms with Crippen molar-refractivity contribution in [1.29, 1.82) is 0 Å². The zero-order valence-corrected chi connectivity index (χ0v) is 8.37. The Balaban J connectivity index is 2.18. The van der Waals surface area contributed by atoms with E-state index in [1.54, 1.807) is 0 Å². The first-order valence-electron chi connectivity index (χ1n) is 5.26. The van der Waals surface area contributed by atoms with Crippen LogP contribution in [0.2, 0.25) is 0 Å². The molecular formula is C10H21NO2. The van der Waals surface area contributed by atoms with Crippen LogP contribution in [-0.4, -0.2) is 35.5 Å². The largest absolute Gasteiger partial charge is 0.396 e. The molecule has 0 radical (unpaired) electrons. The van der Waals surface area contributed by atoms with E-state index in [1.807, 2.05) is 6.92 Å². The highest BCUT2D eigenvalue weighted by Crippen LogP contribution is 2.18. The first-order valence-corrected chi connectivity index (χ1v) is 5.26. The fraction of sp³-hybridized carbons (Fsp3) is 1.00. The molecule has 78 valence electrons. The molecule has 0 bridgehead atoms. The highest BCUT2D eigenvalue weighted by molar-refractivity contribution is 4.80. The monoisotopic (exact) mass is 187 g/mol. The lowest BCUT2D eigenvalue weighted by Gasteiger charge is -2.29. The van der Waals surface area contributed by atoms with Gasteiger partial charge in [-0.3, -0.25) is 0 Å². The highest BCUT2D eigenvalue weighted by atomic mass is 16.3. The van der Waals surface area contributed by atoms with Crippen LogP contribution in [-0.2, 0) is 0 Å². The van der Waals surface area contributed by atoms with Crippen LogP contribution in [0.1, 0.15) is 32.6 Å². The van der Waals surface area contributed by atoms with Crippen LogP contribution in [0.5, 0.6) is 0 Å². The average Bonchev–Trinajstić information content (AvgIpc) is 2.16. The molecule has 1 rings (SSSR count). The molecule has 3 unspecified atom stereocenters. The Bertz CT molecular complexity index is 141. The van der Waals surface area contributed by atoms with Crippen molar-refractivity contribution in [3.63, 3.8) is 0 Å².